The highest BCUT2D eigenvalue weighted by molar-refractivity contribution is 7.13. The van der Waals surface area contributed by atoms with Gasteiger partial charge in [-0.25, -0.2) is 4.79 Å². The zero-order chi connectivity index (χ0) is 12.3. The third-order valence-electron chi connectivity index (χ3n) is 2.14. The molecule has 2 rings (SSSR count). The van der Waals surface area contributed by atoms with Crippen LogP contribution in [0.25, 0.3) is 0 Å². The number of rotatable bonds is 2. The summed E-state index contributed by atoms with van der Waals surface area (Å²) in [5, 5.41) is 8.64. The number of thiophene rings is 1. The average molecular weight is 243 g/mol. The van der Waals surface area contributed by atoms with E-state index in [1.165, 1.54) is 11.3 Å². The molecular formula is C13H9NO2S. The molecule has 0 atom stereocenters. The van der Waals surface area contributed by atoms with Crippen LogP contribution >= 0.6 is 11.3 Å². The molecule has 1 aromatic carbocycles. The van der Waals surface area contributed by atoms with Crippen LogP contribution in [-0.4, -0.2) is 5.97 Å². The molecule has 0 fully saturated rings. The molecule has 2 aromatic rings. The number of benzene rings is 1. The second kappa shape index (κ2) is 4.81. The van der Waals surface area contributed by atoms with Gasteiger partial charge in [-0.05, 0) is 43.3 Å². The molecule has 4 heteroatoms. The molecular weight excluding hydrogens is 234 g/mol. The number of esters is 1. The van der Waals surface area contributed by atoms with E-state index >= 15 is 0 Å². The van der Waals surface area contributed by atoms with Crippen LogP contribution in [0.1, 0.15) is 20.1 Å². The Bertz CT molecular complexity index is 578. The summed E-state index contributed by atoms with van der Waals surface area (Å²) in [6, 6.07) is 12.1. The maximum absolute atomic E-state index is 11.7. The van der Waals surface area contributed by atoms with Crippen LogP contribution in [0.5, 0.6) is 5.75 Å². The van der Waals surface area contributed by atoms with E-state index in [0.29, 0.717) is 16.2 Å². The number of aryl methyl sites for hydroxylation is 1. The highest BCUT2D eigenvalue weighted by Crippen LogP contribution is 2.18. The van der Waals surface area contributed by atoms with Crippen LogP contribution in [0.2, 0.25) is 0 Å². The molecule has 84 valence electrons. The fourth-order valence-corrected chi connectivity index (χ4v) is 2.04. The number of nitrogens with zero attached hydrogens (tertiary/aromatic N) is 1. The van der Waals surface area contributed by atoms with Gasteiger partial charge in [0, 0.05) is 4.88 Å². The average Bonchev–Trinajstić information content (AvgIpc) is 2.77. The molecule has 3 nitrogen and oxygen atoms in total. The molecule has 0 radical (unpaired) electrons. The summed E-state index contributed by atoms with van der Waals surface area (Å²) >= 11 is 1.40. The maximum Gasteiger partial charge on any atom is 0.353 e. The van der Waals surface area contributed by atoms with Gasteiger partial charge in [0.25, 0.3) is 0 Å². The zero-order valence-electron chi connectivity index (χ0n) is 9.14. The first-order valence-electron chi connectivity index (χ1n) is 4.98. The van der Waals surface area contributed by atoms with Gasteiger partial charge in [0.2, 0.25) is 0 Å². The van der Waals surface area contributed by atoms with Crippen LogP contribution in [0, 0.1) is 18.3 Å². The molecule has 0 aliphatic heterocycles. The number of carbonyl (C=O) groups is 1. The lowest BCUT2D eigenvalue weighted by atomic mass is 10.2. The summed E-state index contributed by atoms with van der Waals surface area (Å²) in [7, 11) is 0. The Labute approximate surface area is 103 Å². The minimum Gasteiger partial charge on any atom is -0.422 e. The monoisotopic (exact) mass is 243 g/mol. The van der Waals surface area contributed by atoms with Crippen LogP contribution < -0.4 is 4.74 Å². The van der Waals surface area contributed by atoms with Gasteiger partial charge < -0.3 is 4.74 Å². The van der Waals surface area contributed by atoms with E-state index in [9.17, 15) is 4.79 Å². The Kier molecular flexibility index (Phi) is 3.22. The fourth-order valence-electron chi connectivity index (χ4n) is 1.30. The molecule has 0 unspecified atom stereocenters. The van der Waals surface area contributed by atoms with Crippen LogP contribution in [0.3, 0.4) is 0 Å². The van der Waals surface area contributed by atoms with Crippen molar-refractivity contribution in [3.05, 3.63) is 51.7 Å². The Balaban J connectivity index is 2.11. The maximum atomic E-state index is 11.7. The molecule has 17 heavy (non-hydrogen) atoms. The van der Waals surface area contributed by atoms with Gasteiger partial charge in [-0.3, -0.25) is 0 Å². The standard InChI is InChI=1S/C13H9NO2S/c1-9-2-7-12(17-9)13(15)16-11-5-3-10(8-14)4-6-11/h2-7H,1H3. The second-order valence-electron chi connectivity index (χ2n) is 3.44. The largest absolute Gasteiger partial charge is 0.422 e. The van der Waals surface area contributed by atoms with Crippen molar-refractivity contribution < 1.29 is 9.53 Å². The lowest BCUT2D eigenvalue weighted by molar-refractivity contribution is 0.0740. The Morgan fingerprint density at radius 2 is 1.94 bits per heavy atom. The molecule has 0 saturated heterocycles. The summed E-state index contributed by atoms with van der Waals surface area (Å²) in [5.74, 6) is 0.0767. The minimum atomic E-state index is -0.368. The van der Waals surface area contributed by atoms with Gasteiger partial charge >= 0.3 is 5.97 Å². The summed E-state index contributed by atoms with van der Waals surface area (Å²) in [6.45, 7) is 1.93. The van der Waals surface area contributed by atoms with E-state index in [0.717, 1.165) is 4.88 Å². The smallest absolute Gasteiger partial charge is 0.353 e. The van der Waals surface area contributed by atoms with Gasteiger partial charge in [-0.15, -0.1) is 11.3 Å². The number of hydrogen-bond acceptors (Lipinski definition) is 4. The third kappa shape index (κ3) is 2.71. The lowest BCUT2D eigenvalue weighted by Crippen LogP contribution is -2.06. The van der Waals surface area contributed by atoms with E-state index in [1.807, 2.05) is 19.1 Å². The van der Waals surface area contributed by atoms with Crippen molar-refractivity contribution >= 4 is 17.3 Å². The first-order chi connectivity index (χ1) is 8.19. The molecule has 1 heterocycles. The van der Waals surface area contributed by atoms with Crippen LogP contribution in [0.4, 0.5) is 0 Å². The van der Waals surface area contributed by atoms with Gasteiger partial charge in [0.15, 0.2) is 0 Å². The Hall–Kier alpha value is -2.12. The van der Waals surface area contributed by atoms with Crippen LogP contribution in [0.15, 0.2) is 36.4 Å². The second-order valence-corrected chi connectivity index (χ2v) is 4.72. The van der Waals surface area contributed by atoms with E-state index < -0.39 is 0 Å². The summed E-state index contributed by atoms with van der Waals surface area (Å²) in [6.07, 6.45) is 0. The van der Waals surface area contributed by atoms with E-state index in [-0.39, 0.29) is 5.97 Å². The van der Waals surface area contributed by atoms with Crippen molar-refractivity contribution in [1.82, 2.24) is 0 Å². The minimum absolute atomic E-state index is 0.368. The predicted octanol–water partition coefficient (Wildman–Crippen LogP) is 3.15. The lowest BCUT2D eigenvalue weighted by Gasteiger charge is -2.01. The zero-order valence-corrected chi connectivity index (χ0v) is 9.95. The van der Waals surface area contributed by atoms with Crippen molar-refractivity contribution in [2.45, 2.75) is 6.92 Å². The SMILES string of the molecule is Cc1ccc(C(=O)Oc2ccc(C#N)cc2)s1. The summed E-state index contributed by atoms with van der Waals surface area (Å²) in [5.41, 5.74) is 0.539. The molecule has 0 aliphatic carbocycles. The highest BCUT2D eigenvalue weighted by atomic mass is 32.1. The molecule has 0 bridgehead atoms. The van der Waals surface area contributed by atoms with Gasteiger partial charge in [0.1, 0.15) is 10.6 Å². The molecule has 0 saturated carbocycles. The highest BCUT2D eigenvalue weighted by Gasteiger charge is 2.10. The molecule has 0 N–H and O–H groups in total. The number of carbonyl (C=O) groups excluding carboxylic acids is 1. The van der Waals surface area contributed by atoms with Crippen molar-refractivity contribution in [3.8, 4) is 11.8 Å². The summed E-state index contributed by atoms with van der Waals surface area (Å²) < 4.78 is 5.18. The third-order valence-corrected chi connectivity index (χ3v) is 3.12. The van der Waals surface area contributed by atoms with Crippen molar-refractivity contribution in [1.29, 1.82) is 5.26 Å². The number of hydrogen-bond donors (Lipinski definition) is 0. The predicted molar refractivity (Wildman–Crippen MR) is 65.2 cm³/mol. The normalized spacial score (nSPS) is 9.65. The van der Waals surface area contributed by atoms with Crippen LogP contribution in [-0.2, 0) is 0 Å². The van der Waals surface area contributed by atoms with Gasteiger partial charge in [-0.1, -0.05) is 0 Å². The number of ether oxygens (including phenoxy) is 1. The molecule has 1 aromatic heterocycles. The van der Waals surface area contributed by atoms with E-state index in [4.69, 9.17) is 10.00 Å². The Morgan fingerprint density at radius 3 is 2.47 bits per heavy atom. The van der Waals surface area contributed by atoms with E-state index in [2.05, 4.69) is 0 Å². The van der Waals surface area contributed by atoms with Gasteiger partial charge in [0.05, 0.1) is 11.6 Å². The fraction of sp³-hybridized carbons (Fsp3) is 0.0769. The molecule has 0 aliphatic rings. The Morgan fingerprint density at radius 1 is 1.24 bits per heavy atom. The number of nitriles is 1. The molecule has 0 amide bonds. The first-order valence-corrected chi connectivity index (χ1v) is 5.79. The van der Waals surface area contributed by atoms with Crippen molar-refractivity contribution in [2.24, 2.45) is 0 Å². The van der Waals surface area contributed by atoms with Crippen molar-refractivity contribution in [2.75, 3.05) is 0 Å². The molecule has 0 spiro atoms. The van der Waals surface area contributed by atoms with E-state index in [1.54, 1.807) is 30.3 Å². The quantitative estimate of drug-likeness (QED) is 0.601. The van der Waals surface area contributed by atoms with Gasteiger partial charge in [-0.2, -0.15) is 5.26 Å². The summed E-state index contributed by atoms with van der Waals surface area (Å²) in [4.78, 5) is 13.3. The topological polar surface area (TPSA) is 50.1 Å². The van der Waals surface area contributed by atoms with Crippen molar-refractivity contribution in [3.63, 3.8) is 0 Å². The first kappa shape index (κ1) is 11.4.